The third-order valence-electron chi connectivity index (χ3n) is 4.25. The van der Waals surface area contributed by atoms with Gasteiger partial charge in [0.15, 0.2) is 6.61 Å². The Morgan fingerprint density at radius 1 is 1.26 bits per heavy atom. The number of rotatable bonds is 3. The minimum Gasteiger partial charge on any atom is -0.484 e. The number of halogens is 1. The van der Waals surface area contributed by atoms with Gasteiger partial charge in [0.1, 0.15) is 5.75 Å². The van der Waals surface area contributed by atoms with Crippen molar-refractivity contribution in [2.45, 2.75) is 33.2 Å². The highest BCUT2D eigenvalue weighted by Gasteiger charge is 2.30. The van der Waals surface area contributed by atoms with E-state index >= 15 is 0 Å². The largest absolute Gasteiger partial charge is 0.484 e. The number of hydrogen-bond donors (Lipinski definition) is 0. The molecule has 3 rings (SSSR count). The van der Waals surface area contributed by atoms with Crippen LogP contribution in [-0.4, -0.2) is 18.6 Å². The fourth-order valence-electron chi connectivity index (χ4n) is 3.15. The van der Waals surface area contributed by atoms with Crippen LogP contribution in [0.4, 0.5) is 5.69 Å². The second kappa shape index (κ2) is 6.25. The minimum atomic E-state index is -0.0206. The minimum absolute atomic E-state index is 0.0206. The van der Waals surface area contributed by atoms with Crippen molar-refractivity contribution in [2.75, 3.05) is 11.5 Å². The first-order valence-electron chi connectivity index (χ1n) is 7.77. The normalized spacial score (nSPS) is 16.3. The molecule has 1 aliphatic heterocycles. The lowest BCUT2D eigenvalue weighted by Gasteiger charge is -2.23. The quantitative estimate of drug-likeness (QED) is 0.839. The molecule has 2 aromatic carbocycles. The van der Waals surface area contributed by atoms with Gasteiger partial charge in [0, 0.05) is 16.8 Å². The second-order valence-corrected chi connectivity index (χ2v) is 6.48. The lowest BCUT2D eigenvalue weighted by atomic mass is 10.1. The molecular formula is C19H20ClNO2. The number of nitrogens with zero attached hydrogens (tertiary/aromatic N) is 1. The van der Waals surface area contributed by atoms with Crippen molar-refractivity contribution in [3.05, 3.63) is 58.1 Å². The van der Waals surface area contributed by atoms with Gasteiger partial charge < -0.3 is 9.64 Å². The van der Waals surface area contributed by atoms with Crippen LogP contribution in [0.5, 0.6) is 5.75 Å². The van der Waals surface area contributed by atoms with Crippen molar-refractivity contribution < 1.29 is 9.53 Å². The average molecular weight is 330 g/mol. The standard InChI is InChI=1S/C19H20ClNO2/c1-12-8-16(9-13(2)19(12)20)23-11-18(22)21-14(3)10-15-6-4-5-7-17(15)21/h4-9,14H,10-11H2,1-3H3. The van der Waals surface area contributed by atoms with Gasteiger partial charge >= 0.3 is 0 Å². The molecule has 0 saturated heterocycles. The Morgan fingerprint density at radius 2 is 1.91 bits per heavy atom. The van der Waals surface area contributed by atoms with Crippen LogP contribution in [0.1, 0.15) is 23.6 Å². The predicted octanol–water partition coefficient (Wildman–Crippen LogP) is 4.31. The van der Waals surface area contributed by atoms with Crippen LogP contribution in [0.15, 0.2) is 36.4 Å². The summed E-state index contributed by atoms with van der Waals surface area (Å²) in [5.41, 5.74) is 4.12. The van der Waals surface area contributed by atoms with E-state index < -0.39 is 0 Å². The van der Waals surface area contributed by atoms with E-state index in [9.17, 15) is 4.79 Å². The Bertz CT molecular complexity index is 734. The summed E-state index contributed by atoms with van der Waals surface area (Å²) in [6, 6.07) is 11.9. The SMILES string of the molecule is Cc1cc(OCC(=O)N2c3ccccc3CC2C)cc(C)c1Cl. The van der Waals surface area contributed by atoms with E-state index in [2.05, 4.69) is 13.0 Å². The average Bonchev–Trinajstić information content (AvgIpc) is 2.86. The molecule has 0 aliphatic carbocycles. The topological polar surface area (TPSA) is 29.5 Å². The van der Waals surface area contributed by atoms with Crippen LogP contribution in [0.2, 0.25) is 5.02 Å². The summed E-state index contributed by atoms with van der Waals surface area (Å²) in [5.74, 6) is 0.658. The van der Waals surface area contributed by atoms with Gasteiger partial charge in [-0.05, 0) is 62.1 Å². The molecule has 0 radical (unpaired) electrons. The van der Waals surface area contributed by atoms with E-state index in [1.807, 2.05) is 49.1 Å². The van der Waals surface area contributed by atoms with Crippen LogP contribution in [0.25, 0.3) is 0 Å². The molecule has 0 N–H and O–H groups in total. The summed E-state index contributed by atoms with van der Waals surface area (Å²) in [6.45, 7) is 5.96. The van der Waals surface area contributed by atoms with Crippen molar-refractivity contribution in [1.29, 1.82) is 0 Å². The molecule has 1 amide bonds. The second-order valence-electron chi connectivity index (χ2n) is 6.11. The fourth-order valence-corrected chi connectivity index (χ4v) is 3.26. The zero-order chi connectivity index (χ0) is 16.6. The van der Waals surface area contributed by atoms with E-state index in [0.29, 0.717) is 5.75 Å². The first-order chi connectivity index (χ1) is 11.0. The number of hydrogen-bond acceptors (Lipinski definition) is 2. The van der Waals surface area contributed by atoms with Crippen LogP contribution in [-0.2, 0) is 11.2 Å². The Labute approximate surface area is 141 Å². The molecule has 4 heteroatoms. The van der Waals surface area contributed by atoms with Gasteiger partial charge in [-0.1, -0.05) is 29.8 Å². The molecule has 3 nitrogen and oxygen atoms in total. The van der Waals surface area contributed by atoms with E-state index in [-0.39, 0.29) is 18.6 Å². The molecule has 0 spiro atoms. The maximum atomic E-state index is 12.6. The molecule has 1 heterocycles. The van der Waals surface area contributed by atoms with Crippen LogP contribution in [0, 0.1) is 13.8 Å². The summed E-state index contributed by atoms with van der Waals surface area (Å²) in [5, 5.41) is 0.741. The summed E-state index contributed by atoms with van der Waals surface area (Å²) in [4.78, 5) is 14.4. The number of fused-ring (bicyclic) bond motifs is 1. The molecule has 23 heavy (non-hydrogen) atoms. The predicted molar refractivity (Wildman–Crippen MR) is 93.5 cm³/mol. The number of ether oxygens (including phenoxy) is 1. The Balaban J connectivity index is 1.73. The van der Waals surface area contributed by atoms with Gasteiger partial charge in [0.25, 0.3) is 5.91 Å². The summed E-state index contributed by atoms with van der Waals surface area (Å²) >= 11 is 6.16. The molecule has 1 atom stereocenters. The maximum Gasteiger partial charge on any atom is 0.265 e. The van der Waals surface area contributed by atoms with Crippen molar-refractivity contribution in [3.63, 3.8) is 0 Å². The van der Waals surface area contributed by atoms with E-state index in [0.717, 1.165) is 28.3 Å². The lowest BCUT2D eigenvalue weighted by Crippen LogP contribution is -2.39. The molecule has 120 valence electrons. The Kier molecular flexibility index (Phi) is 4.31. The number of aryl methyl sites for hydroxylation is 2. The molecule has 1 aliphatic rings. The molecular weight excluding hydrogens is 310 g/mol. The van der Waals surface area contributed by atoms with Gasteiger partial charge in [-0.3, -0.25) is 4.79 Å². The molecule has 0 saturated carbocycles. The number of carbonyl (C=O) groups excluding carboxylic acids is 1. The Hall–Kier alpha value is -2.00. The zero-order valence-electron chi connectivity index (χ0n) is 13.6. The summed E-state index contributed by atoms with van der Waals surface area (Å²) < 4.78 is 5.71. The van der Waals surface area contributed by atoms with Crippen molar-refractivity contribution in [2.24, 2.45) is 0 Å². The lowest BCUT2D eigenvalue weighted by molar-refractivity contribution is -0.120. The van der Waals surface area contributed by atoms with E-state index in [1.165, 1.54) is 5.56 Å². The van der Waals surface area contributed by atoms with Crippen molar-refractivity contribution in [1.82, 2.24) is 0 Å². The van der Waals surface area contributed by atoms with Gasteiger partial charge in [0.2, 0.25) is 0 Å². The Morgan fingerprint density at radius 3 is 2.61 bits per heavy atom. The van der Waals surface area contributed by atoms with Gasteiger partial charge in [-0.2, -0.15) is 0 Å². The molecule has 2 aromatic rings. The highest BCUT2D eigenvalue weighted by Crippen LogP contribution is 2.32. The molecule has 0 fully saturated rings. The first-order valence-corrected chi connectivity index (χ1v) is 8.14. The van der Waals surface area contributed by atoms with E-state index in [1.54, 1.807) is 0 Å². The van der Waals surface area contributed by atoms with Crippen LogP contribution in [0.3, 0.4) is 0 Å². The zero-order valence-corrected chi connectivity index (χ0v) is 14.4. The highest BCUT2D eigenvalue weighted by molar-refractivity contribution is 6.32. The highest BCUT2D eigenvalue weighted by atomic mass is 35.5. The van der Waals surface area contributed by atoms with Gasteiger partial charge in [-0.15, -0.1) is 0 Å². The fraction of sp³-hybridized carbons (Fsp3) is 0.316. The number of para-hydroxylation sites is 1. The van der Waals surface area contributed by atoms with Gasteiger partial charge in [0.05, 0.1) is 0 Å². The summed E-state index contributed by atoms with van der Waals surface area (Å²) in [6.07, 6.45) is 0.890. The number of amides is 1. The van der Waals surface area contributed by atoms with Crippen LogP contribution >= 0.6 is 11.6 Å². The number of carbonyl (C=O) groups is 1. The third kappa shape index (κ3) is 3.06. The monoisotopic (exact) mass is 329 g/mol. The summed E-state index contributed by atoms with van der Waals surface area (Å²) in [7, 11) is 0. The van der Waals surface area contributed by atoms with E-state index in [4.69, 9.17) is 16.3 Å². The maximum absolute atomic E-state index is 12.6. The first kappa shape index (κ1) is 15.9. The molecule has 0 bridgehead atoms. The van der Waals surface area contributed by atoms with Crippen molar-refractivity contribution >= 4 is 23.2 Å². The van der Waals surface area contributed by atoms with Gasteiger partial charge in [-0.25, -0.2) is 0 Å². The molecule has 1 unspecified atom stereocenters. The smallest absolute Gasteiger partial charge is 0.265 e. The number of benzene rings is 2. The van der Waals surface area contributed by atoms with Crippen molar-refractivity contribution in [3.8, 4) is 5.75 Å². The third-order valence-corrected chi connectivity index (χ3v) is 4.84. The number of anilines is 1. The van der Waals surface area contributed by atoms with Crippen LogP contribution < -0.4 is 9.64 Å². The molecule has 0 aromatic heterocycles.